The molecule has 0 spiro atoms. The van der Waals surface area contributed by atoms with Crippen molar-refractivity contribution >= 4 is 57.9 Å². The van der Waals surface area contributed by atoms with Crippen LogP contribution in [-0.2, 0) is 4.79 Å². The van der Waals surface area contributed by atoms with E-state index in [1.807, 2.05) is 35.7 Å². The molecule has 11 heteroatoms. The Labute approximate surface area is 245 Å². The summed E-state index contributed by atoms with van der Waals surface area (Å²) in [6, 6.07) is 20.0. The van der Waals surface area contributed by atoms with Crippen molar-refractivity contribution in [1.29, 1.82) is 0 Å². The van der Waals surface area contributed by atoms with Gasteiger partial charge in [0.05, 0.1) is 26.4 Å². The van der Waals surface area contributed by atoms with Crippen LogP contribution in [0.15, 0.2) is 104 Å². The molecule has 0 saturated heterocycles. The SMILES string of the molecule is CC1=C(C(=O)Nc2ccccc2)[C@H](c2cccs2)n2c(s/c(=C\c3ccc(-c4cc(C(=O)O)ccc4Cl)o3)c2=O)=N1. The number of carbonyl (C=O) groups excluding carboxylic acids is 1. The summed E-state index contributed by atoms with van der Waals surface area (Å²) in [4.78, 5) is 44.7. The van der Waals surface area contributed by atoms with Crippen molar-refractivity contribution in [3.63, 3.8) is 0 Å². The third-order valence-corrected chi connectivity index (χ3v) is 8.73. The van der Waals surface area contributed by atoms with Crippen molar-refractivity contribution in [2.24, 2.45) is 4.99 Å². The Kier molecular flexibility index (Phi) is 7.04. The first-order valence-electron chi connectivity index (χ1n) is 12.4. The molecule has 1 atom stereocenters. The van der Waals surface area contributed by atoms with Gasteiger partial charge in [-0.3, -0.25) is 14.2 Å². The molecule has 4 heterocycles. The molecular weight excluding hydrogens is 582 g/mol. The fourth-order valence-electron chi connectivity index (χ4n) is 4.60. The average molecular weight is 602 g/mol. The van der Waals surface area contributed by atoms with Gasteiger partial charge in [-0.15, -0.1) is 11.3 Å². The molecule has 6 rings (SSSR count). The monoisotopic (exact) mass is 601 g/mol. The summed E-state index contributed by atoms with van der Waals surface area (Å²) >= 11 is 8.96. The molecular formula is C30H20ClN3O5S2. The van der Waals surface area contributed by atoms with E-state index in [1.165, 1.54) is 40.9 Å². The number of anilines is 1. The number of fused-ring (bicyclic) bond motifs is 1. The minimum Gasteiger partial charge on any atom is -0.478 e. The Morgan fingerprint density at radius 1 is 1.10 bits per heavy atom. The molecule has 5 aromatic rings. The van der Waals surface area contributed by atoms with E-state index in [9.17, 15) is 19.5 Å². The highest BCUT2D eigenvalue weighted by Gasteiger charge is 2.33. The van der Waals surface area contributed by atoms with Gasteiger partial charge in [0.25, 0.3) is 11.5 Å². The summed E-state index contributed by atoms with van der Waals surface area (Å²) < 4.78 is 7.86. The number of thiazole rings is 1. The first-order valence-corrected chi connectivity index (χ1v) is 14.4. The number of nitrogens with one attached hydrogen (secondary N) is 1. The van der Waals surface area contributed by atoms with Crippen LogP contribution in [0.3, 0.4) is 0 Å². The molecule has 1 amide bonds. The zero-order valence-electron chi connectivity index (χ0n) is 21.3. The van der Waals surface area contributed by atoms with E-state index in [4.69, 9.17) is 16.0 Å². The third-order valence-electron chi connectivity index (χ3n) is 6.49. The topological polar surface area (TPSA) is 114 Å². The molecule has 0 bridgehead atoms. The van der Waals surface area contributed by atoms with E-state index in [0.717, 1.165) is 4.88 Å². The molecule has 0 fully saturated rings. The van der Waals surface area contributed by atoms with Crippen molar-refractivity contribution in [3.05, 3.63) is 130 Å². The minimum atomic E-state index is -1.08. The molecule has 0 aliphatic carbocycles. The van der Waals surface area contributed by atoms with E-state index in [-0.39, 0.29) is 17.0 Å². The predicted octanol–water partition coefficient (Wildman–Crippen LogP) is 5.55. The van der Waals surface area contributed by atoms with Crippen LogP contribution >= 0.6 is 34.3 Å². The second-order valence-electron chi connectivity index (χ2n) is 9.12. The normalized spacial score (nSPS) is 15.0. The molecule has 1 aliphatic rings. The number of furan rings is 1. The number of halogens is 1. The van der Waals surface area contributed by atoms with E-state index in [0.29, 0.717) is 48.4 Å². The minimum absolute atomic E-state index is 0.0757. The number of aromatic nitrogens is 1. The Morgan fingerprint density at radius 3 is 2.63 bits per heavy atom. The lowest BCUT2D eigenvalue weighted by Crippen LogP contribution is -2.40. The van der Waals surface area contributed by atoms with E-state index < -0.39 is 12.0 Å². The lowest BCUT2D eigenvalue weighted by Gasteiger charge is -2.24. The van der Waals surface area contributed by atoms with Crippen molar-refractivity contribution in [1.82, 2.24) is 4.57 Å². The van der Waals surface area contributed by atoms with Crippen LogP contribution in [0.4, 0.5) is 5.69 Å². The number of amides is 1. The van der Waals surface area contributed by atoms with E-state index >= 15 is 0 Å². The van der Waals surface area contributed by atoms with Crippen molar-refractivity contribution in [3.8, 4) is 11.3 Å². The second-order valence-corrected chi connectivity index (χ2v) is 11.5. The number of aromatic carboxylic acids is 1. The number of allylic oxidation sites excluding steroid dienone is 1. The summed E-state index contributed by atoms with van der Waals surface area (Å²) in [5.41, 5.74) is 1.75. The standard InChI is InChI=1S/C30H20ClN3O5S2/c1-16-25(27(35)33-18-6-3-2-4-7-18)26(23-8-5-13-40-23)34-28(36)24(41-30(34)32-16)15-19-10-12-22(39-19)20-14-17(29(37)38)9-11-21(20)31/h2-15,26H,1H3,(H,33,35)(H,37,38)/b24-15-/t26-/m0/s1. The third kappa shape index (κ3) is 5.08. The molecule has 3 aromatic heterocycles. The van der Waals surface area contributed by atoms with Crippen LogP contribution in [-0.4, -0.2) is 21.6 Å². The van der Waals surface area contributed by atoms with Gasteiger partial charge in [0, 0.05) is 22.2 Å². The van der Waals surface area contributed by atoms with Gasteiger partial charge < -0.3 is 14.8 Å². The molecule has 0 radical (unpaired) electrons. The highest BCUT2D eigenvalue weighted by molar-refractivity contribution is 7.10. The van der Waals surface area contributed by atoms with Gasteiger partial charge in [-0.1, -0.05) is 47.2 Å². The number of hydrogen-bond acceptors (Lipinski definition) is 7. The van der Waals surface area contributed by atoms with Gasteiger partial charge in [-0.2, -0.15) is 0 Å². The predicted molar refractivity (Wildman–Crippen MR) is 159 cm³/mol. The van der Waals surface area contributed by atoms with Crippen molar-refractivity contribution < 1.29 is 19.1 Å². The second kappa shape index (κ2) is 10.8. The number of carbonyl (C=O) groups is 2. The number of nitrogens with zero attached hydrogens (tertiary/aromatic N) is 2. The van der Waals surface area contributed by atoms with E-state index in [2.05, 4.69) is 10.3 Å². The number of thiophene rings is 1. The lowest BCUT2D eigenvalue weighted by atomic mass is 10.0. The number of para-hydroxylation sites is 1. The highest BCUT2D eigenvalue weighted by atomic mass is 35.5. The van der Waals surface area contributed by atoms with Gasteiger partial charge in [0.2, 0.25) is 0 Å². The van der Waals surface area contributed by atoms with Crippen LogP contribution in [0.1, 0.15) is 34.0 Å². The summed E-state index contributed by atoms with van der Waals surface area (Å²) in [6.45, 7) is 1.77. The summed E-state index contributed by atoms with van der Waals surface area (Å²) in [6.07, 6.45) is 1.61. The first-order chi connectivity index (χ1) is 19.8. The maximum absolute atomic E-state index is 13.8. The molecule has 2 aromatic carbocycles. The Bertz CT molecular complexity index is 2020. The van der Waals surface area contributed by atoms with E-state index in [1.54, 1.807) is 41.8 Å². The van der Waals surface area contributed by atoms with Gasteiger partial charge in [-0.05, 0) is 60.8 Å². The number of carboxylic acid groups (broad SMARTS) is 1. The van der Waals surface area contributed by atoms with Crippen LogP contribution in [0.2, 0.25) is 5.02 Å². The Balaban J connectivity index is 1.42. The van der Waals surface area contributed by atoms with Crippen LogP contribution < -0.4 is 20.2 Å². The Morgan fingerprint density at radius 2 is 1.90 bits per heavy atom. The van der Waals surface area contributed by atoms with Crippen LogP contribution in [0, 0.1) is 0 Å². The number of rotatable bonds is 6. The first kappa shape index (κ1) is 26.7. The van der Waals surface area contributed by atoms with Gasteiger partial charge in [-0.25, -0.2) is 9.79 Å². The van der Waals surface area contributed by atoms with Crippen LogP contribution in [0.25, 0.3) is 17.4 Å². The van der Waals surface area contributed by atoms with Crippen LogP contribution in [0.5, 0.6) is 0 Å². The van der Waals surface area contributed by atoms with Gasteiger partial charge >= 0.3 is 5.97 Å². The Hall–Kier alpha value is -4.51. The lowest BCUT2D eigenvalue weighted by molar-refractivity contribution is -0.113. The van der Waals surface area contributed by atoms with Gasteiger partial charge in [0.15, 0.2) is 4.80 Å². The zero-order valence-corrected chi connectivity index (χ0v) is 23.7. The summed E-state index contributed by atoms with van der Waals surface area (Å²) in [5, 5.41) is 14.5. The fraction of sp³-hybridized carbons (Fsp3) is 0.0667. The maximum Gasteiger partial charge on any atom is 0.335 e. The molecule has 41 heavy (non-hydrogen) atoms. The molecule has 204 valence electrons. The maximum atomic E-state index is 13.8. The van der Waals surface area contributed by atoms with Crippen molar-refractivity contribution in [2.75, 3.05) is 5.32 Å². The molecule has 1 aliphatic heterocycles. The quantitative estimate of drug-likeness (QED) is 0.265. The largest absolute Gasteiger partial charge is 0.478 e. The molecule has 0 unspecified atom stereocenters. The summed E-state index contributed by atoms with van der Waals surface area (Å²) in [5.74, 6) is -0.665. The van der Waals surface area contributed by atoms with Gasteiger partial charge in [0.1, 0.15) is 17.6 Å². The molecule has 2 N–H and O–H groups in total. The average Bonchev–Trinajstić information content (AvgIpc) is 3.71. The number of hydrogen-bond donors (Lipinski definition) is 2. The smallest absolute Gasteiger partial charge is 0.335 e. The molecule has 8 nitrogen and oxygen atoms in total. The number of benzene rings is 2. The highest BCUT2D eigenvalue weighted by Crippen LogP contribution is 2.34. The summed E-state index contributed by atoms with van der Waals surface area (Å²) in [7, 11) is 0. The molecule has 0 saturated carbocycles. The zero-order chi connectivity index (χ0) is 28.7. The van der Waals surface area contributed by atoms with Crippen molar-refractivity contribution in [2.45, 2.75) is 13.0 Å². The fourth-order valence-corrected chi connectivity index (χ4v) is 6.66. The number of carboxylic acids is 1.